The fraction of sp³-hybridized carbons (Fsp3) is 0.417. The van der Waals surface area contributed by atoms with Gasteiger partial charge in [-0.2, -0.15) is 0 Å². The molecule has 1 aliphatic rings. The maximum Gasteiger partial charge on any atom is 0.306 e. The minimum absolute atomic E-state index is 0.202. The van der Waals surface area contributed by atoms with Crippen molar-refractivity contribution in [3.8, 4) is 0 Å². The molecule has 0 heterocycles. The van der Waals surface area contributed by atoms with Crippen molar-refractivity contribution in [3.63, 3.8) is 0 Å². The van der Waals surface area contributed by atoms with E-state index in [2.05, 4.69) is 0 Å². The highest BCUT2D eigenvalue weighted by Crippen LogP contribution is 2.42. The molecule has 86 valence electrons. The molecule has 0 saturated heterocycles. The first-order valence-electron chi connectivity index (χ1n) is 5.22. The zero-order valence-corrected chi connectivity index (χ0v) is 8.69. The van der Waals surface area contributed by atoms with Crippen molar-refractivity contribution >= 4 is 5.97 Å². The average molecular weight is 224 g/mol. The molecule has 2 rings (SSSR count). The predicted molar refractivity (Wildman–Crippen MR) is 55.3 cm³/mol. The number of carboxylic acids is 1. The Morgan fingerprint density at radius 2 is 2.00 bits per heavy atom. The maximum absolute atomic E-state index is 12.7. The largest absolute Gasteiger partial charge is 0.481 e. The molecular weight excluding hydrogens is 211 g/mol. The summed E-state index contributed by atoms with van der Waals surface area (Å²) < 4.78 is 12.7. The van der Waals surface area contributed by atoms with Crippen LogP contribution in [0.25, 0.3) is 0 Å². The molecule has 2 atom stereocenters. The monoisotopic (exact) mass is 224 g/mol. The summed E-state index contributed by atoms with van der Waals surface area (Å²) in [6, 6.07) is 5.59. The first-order chi connectivity index (χ1) is 7.51. The molecule has 4 heteroatoms. The summed E-state index contributed by atoms with van der Waals surface area (Å²) in [5.74, 6) is -1.74. The van der Waals surface area contributed by atoms with Crippen LogP contribution in [-0.4, -0.2) is 16.2 Å². The van der Waals surface area contributed by atoms with E-state index in [1.807, 2.05) is 0 Å². The zero-order chi connectivity index (χ0) is 11.8. The summed E-state index contributed by atoms with van der Waals surface area (Å²) in [4.78, 5) is 10.8. The lowest BCUT2D eigenvalue weighted by Gasteiger charge is -2.22. The topological polar surface area (TPSA) is 57.5 Å². The van der Waals surface area contributed by atoms with Crippen LogP contribution in [0.5, 0.6) is 0 Å². The summed E-state index contributed by atoms with van der Waals surface area (Å²) in [6.45, 7) is 0. The normalized spacial score (nSPS) is 29.2. The molecule has 0 spiro atoms. The van der Waals surface area contributed by atoms with E-state index >= 15 is 0 Å². The molecule has 3 nitrogen and oxygen atoms in total. The number of rotatable bonds is 2. The molecular formula is C12H13FO3. The predicted octanol–water partition coefficient (Wildman–Crippen LogP) is 1.90. The van der Waals surface area contributed by atoms with Gasteiger partial charge in [-0.3, -0.25) is 4.79 Å². The van der Waals surface area contributed by atoms with Gasteiger partial charge in [-0.05, 0) is 37.0 Å². The van der Waals surface area contributed by atoms with E-state index in [-0.39, 0.29) is 12.2 Å². The number of hydrogen-bond donors (Lipinski definition) is 2. The van der Waals surface area contributed by atoms with Crippen molar-refractivity contribution in [1.82, 2.24) is 0 Å². The molecule has 0 radical (unpaired) electrons. The van der Waals surface area contributed by atoms with E-state index in [4.69, 9.17) is 5.11 Å². The molecule has 0 amide bonds. The van der Waals surface area contributed by atoms with Gasteiger partial charge in [0.05, 0.1) is 11.5 Å². The van der Waals surface area contributed by atoms with Gasteiger partial charge in [0, 0.05) is 0 Å². The van der Waals surface area contributed by atoms with E-state index in [1.54, 1.807) is 0 Å². The Labute approximate surface area is 92.5 Å². The quantitative estimate of drug-likeness (QED) is 0.806. The molecule has 1 aromatic rings. The second-order valence-electron chi connectivity index (χ2n) is 4.32. The summed E-state index contributed by atoms with van der Waals surface area (Å²) in [5, 5.41) is 19.2. The Morgan fingerprint density at radius 3 is 2.50 bits per heavy atom. The van der Waals surface area contributed by atoms with Crippen LogP contribution in [0.4, 0.5) is 4.39 Å². The third-order valence-electron chi connectivity index (χ3n) is 3.22. The second-order valence-corrected chi connectivity index (χ2v) is 4.32. The summed E-state index contributed by atoms with van der Waals surface area (Å²) in [5.41, 5.74) is -0.519. The lowest BCUT2D eigenvalue weighted by Crippen LogP contribution is -2.23. The van der Waals surface area contributed by atoms with Gasteiger partial charge in [-0.15, -0.1) is 0 Å². The Bertz CT molecular complexity index is 401. The van der Waals surface area contributed by atoms with E-state index < -0.39 is 17.5 Å². The molecule has 0 aliphatic heterocycles. The highest BCUT2D eigenvalue weighted by Gasteiger charge is 2.41. The second kappa shape index (κ2) is 3.87. The number of carboxylic acid groups (broad SMARTS) is 1. The Morgan fingerprint density at radius 1 is 1.38 bits per heavy atom. The molecule has 1 aliphatic carbocycles. The molecule has 2 N–H and O–H groups in total. The third-order valence-corrected chi connectivity index (χ3v) is 3.22. The minimum atomic E-state index is -1.11. The third kappa shape index (κ3) is 1.93. The van der Waals surface area contributed by atoms with Crippen LogP contribution >= 0.6 is 0 Å². The first kappa shape index (κ1) is 11.1. The molecule has 1 fully saturated rings. The van der Waals surface area contributed by atoms with Crippen molar-refractivity contribution in [2.45, 2.75) is 24.9 Å². The smallest absolute Gasteiger partial charge is 0.306 e. The van der Waals surface area contributed by atoms with Gasteiger partial charge >= 0.3 is 5.97 Å². The Kier molecular flexibility index (Phi) is 2.68. The Hall–Kier alpha value is -1.42. The molecule has 16 heavy (non-hydrogen) atoms. The van der Waals surface area contributed by atoms with Gasteiger partial charge in [-0.1, -0.05) is 12.1 Å². The van der Waals surface area contributed by atoms with Gasteiger partial charge in [0.1, 0.15) is 5.82 Å². The SMILES string of the molecule is O=C(O)[C@H]1CC[C@](O)(c2ccc(F)cc2)C1. The number of aliphatic carboxylic acids is 1. The van der Waals surface area contributed by atoms with Gasteiger partial charge in [-0.25, -0.2) is 4.39 Å². The van der Waals surface area contributed by atoms with Crippen molar-refractivity contribution in [1.29, 1.82) is 0 Å². The minimum Gasteiger partial charge on any atom is -0.481 e. The van der Waals surface area contributed by atoms with Crippen LogP contribution in [0.3, 0.4) is 0 Å². The van der Waals surface area contributed by atoms with Gasteiger partial charge in [0.15, 0.2) is 0 Å². The van der Waals surface area contributed by atoms with Crippen molar-refractivity contribution in [3.05, 3.63) is 35.6 Å². The van der Waals surface area contributed by atoms with E-state index in [1.165, 1.54) is 24.3 Å². The number of benzene rings is 1. The molecule has 0 unspecified atom stereocenters. The van der Waals surface area contributed by atoms with E-state index in [9.17, 15) is 14.3 Å². The first-order valence-corrected chi connectivity index (χ1v) is 5.22. The van der Waals surface area contributed by atoms with Crippen LogP contribution in [0.15, 0.2) is 24.3 Å². The fourth-order valence-electron chi connectivity index (χ4n) is 2.26. The summed E-state index contributed by atoms with van der Waals surface area (Å²) >= 11 is 0. The summed E-state index contributed by atoms with van der Waals surface area (Å²) in [6.07, 6.45) is 1.08. The lowest BCUT2D eigenvalue weighted by atomic mass is 9.91. The van der Waals surface area contributed by atoms with E-state index in [0.717, 1.165) is 0 Å². The van der Waals surface area contributed by atoms with Crippen LogP contribution < -0.4 is 0 Å². The average Bonchev–Trinajstić information content (AvgIpc) is 2.63. The van der Waals surface area contributed by atoms with Gasteiger partial charge in [0.2, 0.25) is 0 Å². The van der Waals surface area contributed by atoms with Gasteiger partial charge < -0.3 is 10.2 Å². The highest BCUT2D eigenvalue weighted by molar-refractivity contribution is 5.70. The number of hydrogen-bond acceptors (Lipinski definition) is 2. The molecule has 0 aromatic heterocycles. The maximum atomic E-state index is 12.7. The van der Waals surface area contributed by atoms with Gasteiger partial charge in [0.25, 0.3) is 0 Å². The molecule has 1 saturated carbocycles. The highest BCUT2D eigenvalue weighted by atomic mass is 19.1. The number of carbonyl (C=O) groups is 1. The van der Waals surface area contributed by atoms with Crippen molar-refractivity contribution in [2.24, 2.45) is 5.92 Å². The molecule has 1 aromatic carbocycles. The zero-order valence-electron chi connectivity index (χ0n) is 8.69. The van der Waals surface area contributed by atoms with Crippen LogP contribution in [-0.2, 0) is 10.4 Å². The lowest BCUT2D eigenvalue weighted by molar-refractivity contribution is -0.142. The van der Waals surface area contributed by atoms with Crippen LogP contribution in [0, 0.1) is 11.7 Å². The van der Waals surface area contributed by atoms with Crippen LogP contribution in [0.2, 0.25) is 0 Å². The van der Waals surface area contributed by atoms with Crippen LogP contribution in [0.1, 0.15) is 24.8 Å². The fourth-order valence-corrected chi connectivity index (χ4v) is 2.26. The number of aliphatic hydroxyl groups is 1. The standard InChI is InChI=1S/C12H13FO3/c13-10-3-1-9(2-4-10)12(16)6-5-8(7-12)11(14)15/h1-4,8,16H,5-7H2,(H,14,15)/t8-,12+/m0/s1. The van der Waals surface area contributed by atoms with E-state index in [0.29, 0.717) is 18.4 Å². The molecule has 0 bridgehead atoms. The Balaban J connectivity index is 2.21. The summed E-state index contributed by atoms with van der Waals surface area (Å²) in [7, 11) is 0. The van der Waals surface area contributed by atoms with Crippen molar-refractivity contribution < 1.29 is 19.4 Å². The van der Waals surface area contributed by atoms with Crippen molar-refractivity contribution in [2.75, 3.05) is 0 Å². The number of halogens is 1.